The predicted octanol–water partition coefficient (Wildman–Crippen LogP) is 2.02. The Morgan fingerprint density at radius 2 is 1.05 bits per heavy atom. The van der Waals surface area contributed by atoms with E-state index in [1.807, 2.05) is 13.8 Å². The summed E-state index contributed by atoms with van der Waals surface area (Å²) in [4.78, 5) is 20.1. The Hall–Kier alpha value is -1.14. The Kier molecular flexibility index (Phi) is 15.1. The lowest BCUT2D eigenvalue weighted by atomic mass is 10.1. The number of unbranched alkanes of at least 4 members (excludes halogenated alkanes) is 4. The molecule has 0 aromatic heterocycles. The van der Waals surface area contributed by atoms with Crippen molar-refractivity contribution in [2.24, 2.45) is 0 Å². The van der Waals surface area contributed by atoms with Gasteiger partial charge in [-0.05, 0) is 12.8 Å². The fraction of sp³-hybridized carbons (Fsp3) is 0.857. The highest BCUT2D eigenvalue weighted by atomic mass is 16.4. The molecule has 0 spiro atoms. The lowest BCUT2D eigenvalue weighted by Crippen LogP contribution is -2.18. The predicted molar refractivity (Wildman–Crippen MR) is 75.6 cm³/mol. The van der Waals surface area contributed by atoms with Gasteiger partial charge >= 0.3 is 11.9 Å². The van der Waals surface area contributed by atoms with Crippen LogP contribution in [0.2, 0.25) is 0 Å². The Bertz CT molecular complexity index is 228. The van der Waals surface area contributed by atoms with Crippen molar-refractivity contribution in [3.63, 3.8) is 0 Å². The highest BCUT2D eigenvalue weighted by molar-refractivity contribution is 5.72. The minimum Gasteiger partial charge on any atom is -0.479 e. The molecule has 0 aliphatic heterocycles. The van der Waals surface area contributed by atoms with Gasteiger partial charge < -0.3 is 20.4 Å². The van der Waals surface area contributed by atoms with E-state index >= 15 is 0 Å². The first-order valence-corrected chi connectivity index (χ1v) is 7.18. The van der Waals surface area contributed by atoms with Gasteiger partial charge in [0.05, 0.1) is 0 Å². The maximum atomic E-state index is 10.0. The van der Waals surface area contributed by atoms with Crippen LogP contribution in [0.15, 0.2) is 0 Å². The average molecular weight is 292 g/mol. The van der Waals surface area contributed by atoms with Gasteiger partial charge in [0.2, 0.25) is 0 Å². The van der Waals surface area contributed by atoms with Crippen molar-refractivity contribution < 1.29 is 30.0 Å². The Labute approximate surface area is 120 Å². The third-order valence-corrected chi connectivity index (χ3v) is 2.73. The van der Waals surface area contributed by atoms with Crippen LogP contribution in [0, 0.1) is 0 Å². The van der Waals surface area contributed by atoms with Crippen LogP contribution in [0.25, 0.3) is 0 Å². The molecule has 120 valence electrons. The normalized spacial score (nSPS) is 13.0. The number of carboxylic acid groups (broad SMARTS) is 2. The van der Waals surface area contributed by atoms with Crippen LogP contribution < -0.4 is 0 Å². The maximum absolute atomic E-state index is 10.0. The SMILES string of the molecule is CCCCCC(O)C(=O)O.CCCCCC(O)C(=O)O. The van der Waals surface area contributed by atoms with Gasteiger partial charge in [-0.1, -0.05) is 52.4 Å². The van der Waals surface area contributed by atoms with Gasteiger partial charge in [-0.3, -0.25) is 0 Å². The third kappa shape index (κ3) is 14.9. The molecule has 2 unspecified atom stereocenters. The Balaban J connectivity index is 0. The summed E-state index contributed by atoms with van der Waals surface area (Å²) in [5.74, 6) is -2.23. The summed E-state index contributed by atoms with van der Waals surface area (Å²) in [6, 6.07) is 0. The van der Waals surface area contributed by atoms with Gasteiger partial charge in [-0.25, -0.2) is 9.59 Å². The van der Waals surface area contributed by atoms with Crippen LogP contribution in [-0.4, -0.2) is 44.6 Å². The van der Waals surface area contributed by atoms with Crippen LogP contribution in [0.1, 0.15) is 65.2 Å². The second-order valence-corrected chi connectivity index (χ2v) is 4.70. The summed E-state index contributed by atoms with van der Waals surface area (Å²) in [5, 5.41) is 34.0. The lowest BCUT2D eigenvalue weighted by Gasteiger charge is -2.02. The van der Waals surface area contributed by atoms with E-state index in [1.165, 1.54) is 0 Å². The number of aliphatic hydroxyl groups is 2. The van der Waals surface area contributed by atoms with E-state index in [-0.39, 0.29) is 0 Å². The zero-order chi connectivity index (χ0) is 16.0. The minimum absolute atomic E-state index is 0.378. The molecule has 0 radical (unpaired) electrons. The summed E-state index contributed by atoms with van der Waals surface area (Å²) in [5.41, 5.74) is 0. The first-order valence-electron chi connectivity index (χ1n) is 7.18. The van der Waals surface area contributed by atoms with E-state index < -0.39 is 24.1 Å². The highest BCUT2D eigenvalue weighted by Gasteiger charge is 2.11. The van der Waals surface area contributed by atoms with Crippen molar-refractivity contribution in [1.29, 1.82) is 0 Å². The summed E-state index contributed by atoms with van der Waals surface area (Å²) in [6.45, 7) is 4.07. The number of carbonyl (C=O) groups is 2. The molecule has 6 heteroatoms. The number of aliphatic hydroxyl groups excluding tert-OH is 2. The summed E-state index contributed by atoms with van der Waals surface area (Å²) >= 11 is 0. The van der Waals surface area contributed by atoms with Gasteiger partial charge in [0.1, 0.15) is 0 Å². The van der Waals surface area contributed by atoms with Crippen LogP contribution >= 0.6 is 0 Å². The van der Waals surface area contributed by atoms with Gasteiger partial charge in [0, 0.05) is 0 Å². The molecule has 0 aromatic carbocycles. The lowest BCUT2D eigenvalue weighted by molar-refractivity contribution is -0.147. The molecule has 20 heavy (non-hydrogen) atoms. The Morgan fingerprint density at radius 3 is 1.25 bits per heavy atom. The number of hydrogen-bond acceptors (Lipinski definition) is 4. The molecule has 4 N–H and O–H groups in total. The first kappa shape index (κ1) is 21.2. The fourth-order valence-electron chi connectivity index (χ4n) is 1.42. The molecule has 0 amide bonds. The van der Waals surface area contributed by atoms with Crippen LogP contribution in [-0.2, 0) is 9.59 Å². The molecule has 6 nitrogen and oxygen atoms in total. The van der Waals surface area contributed by atoms with E-state index in [9.17, 15) is 9.59 Å². The monoisotopic (exact) mass is 292 g/mol. The molecule has 0 saturated carbocycles. The van der Waals surface area contributed by atoms with E-state index in [2.05, 4.69) is 0 Å². The first-order chi connectivity index (χ1) is 9.36. The van der Waals surface area contributed by atoms with E-state index in [0.29, 0.717) is 12.8 Å². The fourth-order valence-corrected chi connectivity index (χ4v) is 1.42. The molecule has 0 saturated heterocycles. The standard InChI is InChI=1S/2C7H14O3/c2*1-2-3-4-5-6(8)7(9)10/h2*6,8H,2-5H2,1H3,(H,9,10). The van der Waals surface area contributed by atoms with Crippen molar-refractivity contribution in [2.75, 3.05) is 0 Å². The van der Waals surface area contributed by atoms with Crippen molar-refractivity contribution >= 4 is 11.9 Å². The number of carboxylic acids is 2. The molecule has 0 aromatic rings. The van der Waals surface area contributed by atoms with E-state index in [0.717, 1.165) is 38.5 Å². The van der Waals surface area contributed by atoms with Crippen molar-refractivity contribution in [3.8, 4) is 0 Å². The molecular formula is C14H28O6. The van der Waals surface area contributed by atoms with Gasteiger partial charge in [0.15, 0.2) is 12.2 Å². The largest absolute Gasteiger partial charge is 0.479 e. The molecular weight excluding hydrogens is 264 g/mol. The van der Waals surface area contributed by atoms with Crippen molar-refractivity contribution in [3.05, 3.63) is 0 Å². The molecule has 0 aliphatic carbocycles. The van der Waals surface area contributed by atoms with E-state index in [4.69, 9.17) is 20.4 Å². The molecule has 0 rings (SSSR count). The van der Waals surface area contributed by atoms with Gasteiger partial charge in [0.25, 0.3) is 0 Å². The topological polar surface area (TPSA) is 115 Å². The molecule has 0 aliphatic rings. The number of hydrogen-bond donors (Lipinski definition) is 4. The number of aliphatic carboxylic acids is 2. The molecule has 0 heterocycles. The second kappa shape index (κ2) is 14.3. The van der Waals surface area contributed by atoms with Gasteiger partial charge in [-0.2, -0.15) is 0 Å². The third-order valence-electron chi connectivity index (χ3n) is 2.73. The molecule has 0 bridgehead atoms. The van der Waals surface area contributed by atoms with Gasteiger partial charge in [-0.15, -0.1) is 0 Å². The maximum Gasteiger partial charge on any atom is 0.332 e. The average Bonchev–Trinajstić information content (AvgIpc) is 2.39. The summed E-state index contributed by atoms with van der Waals surface area (Å²) < 4.78 is 0. The summed E-state index contributed by atoms with van der Waals surface area (Å²) in [6.07, 6.45) is 4.10. The zero-order valence-corrected chi connectivity index (χ0v) is 12.4. The summed E-state index contributed by atoms with van der Waals surface area (Å²) in [7, 11) is 0. The molecule has 0 fully saturated rings. The zero-order valence-electron chi connectivity index (χ0n) is 12.4. The van der Waals surface area contributed by atoms with Crippen molar-refractivity contribution in [1.82, 2.24) is 0 Å². The van der Waals surface area contributed by atoms with Crippen LogP contribution in [0.3, 0.4) is 0 Å². The molecule has 2 atom stereocenters. The Morgan fingerprint density at radius 1 is 0.750 bits per heavy atom. The minimum atomic E-state index is -1.16. The second-order valence-electron chi connectivity index (χ2n) is 4.70. The van der Waals surface area contributed by atoms with E-state index in [1.54, 1.807) is 0 Å². The smallest absolute Gasteiger partial charge is 0.332 e. The van der Waals surface area contributed by atoms with Crippen LogP contribution in [0.5, 0.6) is 0 Å². The van der Waals surface area contributed by atoms with Crippen molar-refractivity contribution in [2.45, 2.75) is 77.4 Å². The highest BCUT2D eigenvalue weighted by Crippen LogP contribution is 2.03. The quantitative estimate of drug-likeness (QED) is 0.458. The number of rotatable bonds is 10. The van der Waals surface area contributed by atoms with Crippen LogP contribution in [0.4, 0.5) is 0 Å².